The fourth-order valence-corrected chi connectivity index (χ4v) is 1.53. The van der Waals surface area contributed by atoms with Gasteiger partial charge in [-0.3, -0.25) is 4.79 Å². The van der Waals surface area contributed by atoms with E-state index in [9.17, 15) is 4.79 Å². The number of aromatic nitrogens is 2. The molecule has 0 aromatic carbocycles. The molecule has 0 saturated heterocycles. The first-order valence-corrected chi connectivity index (χ1v) is 5.55. The second-order valence-electron chi connectivity index (χ2n) is 4.47. The number of carbonyl (C=O) groups excluding carboxylic acids is 1. The van der Waals surface area contributed by atoms with Gasteiger partial charge in [-0.2, -0.15) is 0 Å². The van der Waals surface area contributed by atoms with Gasteiger partial charge >= 0.3 is 0 Å². The number of amides is 1. The molecule has 4 N–H and O–H groups in total. The van der Waals surface area contributed by atoms with Gasteiger partial charge in [-0.1, -0.05) is 0 Å². The number of primary amides is 1. The van der Waals surface area contributed by atoms with Gasteiger partial charge in [0.05, 0.1) is 0 Å². The molecule has 6 nitrogen and oxygen atoms in total. The summed E-state index contributed by atoms with van der Waals surface area (Å²) in [5.41, 5.74) is 4.76. The number of rotatable bonds is 6. The van der Waals surface area contributed by atoms with E-state index >= 15 is 0 Å². The van der Waals surface area contributed by atoms with E-state index < -0.39 is 5.54 Å². The zero-order chi connectivity index (χ0) is 12.9. The Morgan fingerprint density at radius 1 is 1.41 bits per heavy atom. The predicted octanol–water partition coefficient (Wildman–Crippen LogP) is 0.974. The molecule has 17 heavy (non-hydrogen) atoms. The van der Waals surface area contributed by atoms with Crippen LogP contribution in [0, 0.1) is 0 Å². The van der Waals surface area contributed by atoms with Gasteiger partial charge < -0.3 is 16.4 Å². The molecule has 6 heteroatoms. The summed E-state index contributed by atoms with van der Waals surface area (Å²) in [5, 5.41) is 6.25. The molecule has 1 aromatic heterocycles. The normalized spacial score (nSPS) is 11.0. The van der Waals surface area contributed by atoms with Gasteiger partial charge in [0.2, 0.25) is 5.91 Å². The molecule has 1 aromatic rings. The fourth-order valence-electron chi connectivity index (χ4n) is 1.53. The first kappa shape index (κ1) is 13.2. The van der Waals surface area contributed by atoms with Crippen LogP contribution in [0.2, 0.25) is 0 Å². The molecule has 0 unspecified atom stereocenters. The molecule has 0 aliphatic heterocycles. The van der Waals surface area contributed by atoms with Crippen molar-refractivity contribution in [2.75, 3.05) is 17.2 Å². The van der Waals surface area contributed by atoms with Crippen LogP contribution in [0.5, 0.6) is 0 Å². The number of anilines is 2. The van der Waals surface area contributed by atoms with E-state index in [0.717, 1.165) is 12.4 Å². The first-order chi connectivity index (χ1) is 7.93. The first-order valence-electron chi connectivity index (χ1n) is 5.55. The highest BCUT2D eigenvalue weighted by Crippen LogP contribution is 2.17. The predicted molar refractivity (Wildman–Crippen MR) is 67.7 cm³/mol. The Kier molecular flexibility index (Phi) is 4.25. The van der Waals surface area contributed by atoms with Gasteiger partial charge in [0, 0.05) is 24.6 Å². The largest absolute Gasteiger partial charge is 0.370 e. The third-order valence-electron chi connectivity index (χ3n) is 2.11. The third kappa shape index (κ3) is 4.67. The Bertz CT molecular complexity index is 391. The molecule has 0 fully saturated rings. The number of hydrogen-bond donors (Lipinski definition) is 3. The zero-order valence-corrected chi connectivity index (χ0v) is 10.4. The molecule has 0 bridgehead atoms. The molecule has 0 saturated carbocycles. The summed E-state index contributed by atoms with van der Waals surface area (Å²) in [4.78, 5) is 19.1. The Hall–Kier alpha value is -1.85. The van der Waals surface area contributed by atoms with Crippen LogP contribution in [0.25, 0.3) is 0 Å². The molecule has 0 spiro atoms. The molecule has 0 aliphatic carbocycles. The Morgan fingerprint density at radius 2 is 2.06 bits per heavy atom. The average molecular weight is 237 g/mol. The van der Waals surface area contributed by atoms with Crippen molar-refractivity contribution >= 4 is 17.5 Å². The van der Waals surface area contributed by atoms with Crippen molar-refractivity contribution in [3.05, 3.63) is 12.4 Å². The standard InChI is InChI=1S/C11H19N5O/c1-4-13-9-5-10(15-7-14-9)16-11(2,3)6-8(12)17/h5,7H,4,6H2,1-3H3,(H2,12,17)(H2,13,14,15,16). The quantitative estimate of drug-likeness (QED) is 0.685. The number of nitrogens with zero attached hydrogens (tertiary/aromatic N) is 2. The molecular formula is C11H19N5O. The summed E-state index contributed by atoms with van der Waals surface area (Å²) in [5.74, 6) is 1.07. The Morgan fingerprint density at radius 3 is 2.65 bits per heavy atom. The summed E-state index contributed by atoms with van der Waals surface area (Å²) in [6, 6.07) is 1.80. The molecular weight excluding hydrogens is 218 g/mol. The van der Waals surface area contributed by atoms with Crippen molar-refractivity contribution in [3.8, 4) is 0 Å². The van der Waals surface area contributed by atoms with E-state index in [4.69, 9.17) is 5.73 Å². The minimum Gasteiger partial charge on any atom is -0.370 e. The van der Waals surface area contributed by atoms with Crippen molar-refractivity contribution in [1.82, 2.24) is 9.97 Å². The number of nitrogens with two attached hydrogens (primary N) is 1. The number of carbonyl (C=O) groups is 1. The summed E-state index contributed by atoms with van der Waals surface area (Å²) in [7, 11) is 0. The van der Waals surface area contributed by atoms with E-state index in [0.29, 0.717) is 5.82 Å². The maximum atomic E-state index is 10.9. The van der Waals surface area contributed by atoms with E-state index in [2.05, 4.69) is 20.6 Å². The minimum absolute atomic E-state index is 0.244. The van der Waals surface area contributed by atoms with Crippen molar-refractivity contribution in [2.45, 2.75) is 32.7 Å². The zero-order valence-electron chi connectivity index (χ0n) is 10.4. The maximum absolute atomic E-state index is 10.9. The minimum atomic E-state index is -0.427. The molecule has 1 heterocycles. The van der Waals surface area contributed by atoms with Gasteiger partial charge in [-0.15, -0.1) is 0 Å². The SMILES string of the molecule is CCNc1cc(NC(C)(C)CC(N)=O)ncn1. The van der Waals surface area contributed by atoms with Gasteiger partial charge in [-0.25, -0.2) is 9.97 Å². The van der Waals surface area contributed by atoms with Crippen LogP contribution in [0.15, 0.2) is 12.4 Å². The number of hydrogen-bond acceptors (Lipinski definition) is 5. The monoisotopic (exact) mass is 237 g/mol. The lowest BCUT2D eigenvalue weighted by Crippen LogP contribution is -2.36. The van der Waals surface area contributed by atoms with Crippen molar-refractivity contribution < 1.29 is 4.79 Å². The fraction of sp³-hybridized carbons (Fsp3) is 0.545. The van der Waals surface area contributed by atoms with Crippen molar-refractivity contribution in [1.29, 1.82) is 0 Å². The lowest BCUT2D eigenvalue weighted by atomic mass is 10.0. The third-order valence-corrected chi connectivity index (χ3v) is 2.11. The van der Waals surface area contributed by atoms with Gasteiger partial charge in [0.1, 0.15) is 18.0 Å². The molecule has 94 valence electrons. The molecule has 0 radical (unpaired) electrons. The van der Waals surface area contributed by atoms with E-state index in [-0.39, 0.29) is 12.3 Å². The molecule has 1 amide bonds. The van der Waals surface area contributed by atoms with E-state index in [1.54, 1.807) is 6.07 Å². The van der Waals surface area contributed by atoms with Crippen LogP contribution in [0.4, 0.5) is 11.6 Å². The van der Waals surface area contributed by atoms with Crippen LogP contribution in [0.3, 0.4) is 0 Å². The second kappa shape index (κ2) is 5.47. The second-order valence-corrected chi connectivity index (χ2v) is 4.47. The summed E-state index contributed by atoms with van der Waals surface area (Å²) in [6.45, 7) is 6.58. The van der Waals surface area contributed by atoms with Gasteiger partial charge in [-0.05, 0) is 20.8 Å². The topological polar surface area (TPSA) is 92.9 Å². The highest BCUT2D eigenvalue weighted by Gasteiger charge is 2.20. The highest BCUT2D eigenvalue weighted by molar-refractivity contribution is 5.75. The van der Waals surface area contributed by atoms with Crippen LogP contribution in [-0.4, -0.2) is 28.0 Å². The van der Waals surface area contributed by atoms with Gasteiger partial charge in [0.15, 0.2) is 0 Å². The highest BCUT2D eigenvalue weighted by atomic mass is 16.1. The number of nitrogens with one attached hydrogen (secondary N) is 2. The Balaban J connectivity index is 2.73. The summed E-state index contributed by atoms with van der Waals surface area (Å²) >= 11 is 0. The van der Waals surface area contributed by atoms with Crippen LogP contribution in [-0.2, 0) is 4.79 Å². The van der Waals surface area contributed by atoms with Crippen LogP contribution >= 0.6 is 0 Å². The lowest BCUT2D eigenvalue weighted by molar-refractivity contribution is -0.118. The average Bonchev–Trinajstić information content (AvgIpc) is 2.15. The van der Waals surface area contributed by atoms with E-state index in [1.165, 1.54) is 6.33 Å². The Labute approximate surface area is 101 Å². The lowest BCUT2D eigenvalue weighted by Gasteiger charge is -2.25. The molecule has 1 rings (SSSR count). The molecule has 0 atom stereocenters. The van der Waals surface area contributed by atoms with Gasteiger partial charge in [0.25, 0.3) is 0 Å². The smallest absolute Gasteiger partial charge is 0.219 e. The summed E-state index contributed by atoms with van der Waals surface area (Å²) in [6.07, 6.45) is 1.72. The van der Waals surface area contributed by atoms with Crippen LogP contribution in [0.1, 0.15) is 27.2 Å². The maximum Gasteiger partial charge on any atom is 0.219 e. The van der Waals surface area contributed by atoms with Crippen LogP contribution < -0.4 is 16.4 Å². The summed E-state index contributed by atoms with van der Waals surface area (Å²) < 4.78 is 0. The van der Waals surface area contributed by atoms with Crippen molar-refractivity contribution in [2.24, 2.45) is 5.73 Å². The van der Waals surface area contributed by atoms with E-state index in [1.807, 2.05) is 20.8 Å². The molecule has 0 aliphatic rings. The van der Waals surface area contributed by atoms with Crippen molar-refractivity contribution in [3.63, 3.8) is 0 Å².